The molecule has 0 saturated carbocycles. The smallest absolute Gasteiger partial charge is 0.274 e. The SMILES string of the molecule is Cc1ccc(/C=C/C(=O)Nc2cccc([N+](=O)[O-])c2C)o1. The first-order chi connectivity index (χ1) is 9.97. The molecular formula is C15H14N2O4. The number of benzene rings is 1. The Morgan fingerprint density at radius 2 is 2.05 bits per heavy atom. The van der Waals surface area contributed by atoms with E-state index in [2.05, 4.69) is 5.32 Å². The molecule has 1 aromatic carbocycles. The molecule has 0 aliphatic heterocycles. The molecule has 0 unspecified atom stereocenters. The summed E-state index contributed by atoms with van der Waals surface area (Å²) >= 11 is 0. The highest BCUT2D eigenvalue weighted by Gasteiger charge is 2.13. The van der Waals surface area contributed by atoms with Crippen LogP contribution in [0.2, 0.25) is 0 Å². The Bertz CT molecular complexity index is 716. The van der Waals surface area contributed by atoms with Gasteiger partial charge in [-0.25, -0.2) is 0 Å². The quantitative estimate of drug-likeness (QED) is 0.530. The number of rotatable bonds is 4. The lowest BCUT2D eigenvalue weighted by molar-refractivity contribution is -0.385. The molecule has 0 aliphatic carbocycles. The van der Waals surface area contributed by atoms with Crippen molar-refractivity contribution in [2.45, 2.75) is 13.8 Å². The lowest BCUT2D eigenvalue weighted by atomic mass is 10.1. The Kier molecular flexibility index (Phi) is 4.18. The Hall–Kier alpha value is -2.89. The Labute approximate surface area is 121 Å². The minimum atomic E-state index is -0.480. The summed E-state index contributed by atoms with van der Waals surface area (Å²) in [5.41, 5.74) is 0.797. The first-order valence-corrected chi connectivity index (χ1v) is 6.27. The third-order valence-corrected chi connectivity index (χ3v) is 2.92. The molecule has 6 nitrogen and oxygen atoms in total. The maximum absolute atomic E-state index is 11.8. The zero-order valence-electron chi connectivity index (χ0n) is 11.6. The van der Waals surface area contributed by atoms with Gasteiger partial charge in [-0.1, -0.05) is 6.07 Å². The predicted molar refractivity (Wildman–Crippen MR) is 78.9 cm³/mol. The normalized spacial score (nSPS) is 10.8. The topological polar surface area (TPSA) is 85.4 Å². The summed E-state index contributed by atoms with van der Waals surface area (Å²) in [6, 6.07) is 8.08. The Morgan fingerprint density at radius 1 is 1.29 bits per heavy atom. The van der Waals surface area contributed by atoms with E-state index in [-0.39, 0.29) is 11.6 Å². The highest BCUT2D eigenvalue weighted by Crippen LogP contribution is 2.25. The van der Waals surface area contributed by atoms with Crippen molar-refractivity contribution >= 4 is 23.4 Å². The molecule has 0 aliphatic rings. The van der Waals surface area contributed by atoms with Crippen molar-refractivity contribution in [1.29, 1.82) is 0 Å². The van der Waals surface area contributed by atoms with E-state index < -0.39 is 4.92 Å². The van der Waals surface area contributed by atoms with Crippen LogP contribution in [0.3, 0.4) is 0 Å². The lowest BCUT2D eigenvalue weighted by Crippen LogP contribution is -2.09. The predicted octanol–water partition coefficient (Wildman–Crippen LogP) is 3.46. The second kappa shape index (κ2) is 6.04. The van der Waals surface area contributed by atoms with Gasteiger partial charge in [-0.2, -0.15) is 0 Å². The zero-order chi connectivity index (χ0) is 15.4. The van der Waals surface area contributed by atoms with E-state index in [1.807, 2.05) is 6.92 Å². The monoisotopic (exact) mass is 286 g/mol. The fraction of sp³-hybridized carbons (Fsp3) is 0.133. The molecule has 6 heteroatoms. The number of nitro groups is 1. The molecule has 2 aromatic rings. The van der Waals surface area contributed by atoms with Gasteiger partial charge in [-0.3, -0.25) is 14.9 Å². The molecule has 0 spiro atoms. The van der Waals surface area contributed by atoms with Crippen molar-refractivity contribution in [2.24, 2.45) is 0 Å². The van der Waals surface area contributed by atoms with Gasteiger partial charge in [0.1, 0.15) is 11.5 Å². The first-order valence-electron chi connectivity index (χ1n) is 6.27. The van der Waals surface area contributed by atoms with E-state index in [1.165, 1.54) is 24.3 Å². The molecule has 0 radical (unpaired) electrons. The van der Waals surface area contributed by atoms with Gasteiger partial charge in [0.2, 0.25) is 5.91 Å². The molecule has 1 aromatic heterocycles. The van der Waals surface area contributed by atoms with Crippen LogP contribution >= 0.6 is 0 Å². The zero-order valence-corrected chi connectivity index (χ0v) is 11.6. The van der Waals surface area contributed by atoms with Crippen LogP contribution in [-0.4, -0.2) is 10.8 Å². The number of hydrogen-bond acceptors (Lipinski definition) is 4. The minimum Gasteiger partial charge on any atom is -0.462 e. The minimum absolute atomic E-state index is 0.0292. The van der Waals surface area contributed by atoms with Crippen LogP contribution in [-0.2, 0) is 4.79 Å². The Morgan fingerprint density at radius 3 is 2.67 bits per heavy atom. The summed E-state index contributed by atoms with van der Waals surface area (Å²) in [6.45, 7) is 3.40. The number of furan rings is 1. The maximum atomic E-state index is 11.8. The number of carbonyl (C=O) groups excluding carboxylic acids is 1. The fourth-order valence-electron chi connectivity index (χ4n) is 1.83. The number of hydrogen-bond donors (Lipinski definition) is 1. The van der Waals surface area contributed by atoms with Crippen molar-refractivity contribution in [3.8, 4) is 0 Å². The van der Waals surface area contributed by atoms with Crippen LogP contribution < -0.4 is 5.32 Å². The van der Waals surface area contributed by atoms with E-state index in [0.717, 1.165) is 5.76 Å². The number of nitro benzene ring substituents is 1. The highest BCUT2D eigenvalue weighted by molar-refractivity contribution is 6.02. The van der Waals surface area contributed by atoms with Crippen molar-refractivity contribution in [3.63, 3.8) is 0 Å². The van der Waals surface area contributed by atoms with Gasteiger partial charge in [0, 0.05) is 12.1 Å². The van der Waals surface area contributed by atoms with E-state index in [0.29, 0.717) is 17.0 Å². The number of anilines is 1. The van der Waals surface area contributed by atoms with Crippen LogP contribution in [0, 0.1) is 24.0 Å². The number of carbonyl (C=O) groups is 1. The summed E-state index contributed by atoms with van der Waals surface area (Å²) in [4.78, 5) is 22.2. The van der Waals surface area contributed by atoms with Crippen LogP contribution in [0.15, 0.2) is 40.8 Å². The first kappa shape index (κ1) is 14.5. The molecule has 0 fully saturated rings. The molecule has 108 valence electrons. The van der Waals surface area contributed by atoms with E-state index in [1.54, 1.807) is 25.1 Å². The van der Waals surface area contributed by atoms with Gasteiger partial charge in [-0.15, -0.1) is 0 Å². The summed E-state index contributed by atoms with van der Waals surface area (Å²) in [7, 11) is 0. The van der Waals surface area contributed by atoms with Crippen LogP contribution in [0.4, 0.5) is 11.4 Å². The summed E-state index contributed by atoms with van der Waals surface area (Å²) < 4.78 is 5.30. The van der Waals surface area contributed by atoms with Gasteiger partial charge in [0.15, 0.2) is 0 Å². The van der Waals surface area contributed by atoms with Gasteiger partial charge >= 0.3 is 0 Å². The number of nitrogens with zero attached hydrogens (tertiary/aromatic N) is 1. The van der Waals surface area contributed by atoms with Crippen molar-refractivity contribution in [1.82, 2.24) is 0 Å². The van der Waals surface area contributed by atoms with Gasteiger partial charge in [-0.05, 0) is 38.1 Å². The van der Waals surface area contributed by atoms with Gasteiger partial charge < -0.3 is 9.73 Å². The average Bonchev–Trinajstić information content (AvgIpc) is 2.84. The van der Waals surface area contributed by atoms with E-state index in [4.69, 9.17) is 4.42 Å². The summed E-state index contributed by atoms with van der Waals surface area (Å²) in [6.07, 6.45) is 2.85. The van der Waals surface area contributed by atoms with E-state index >= 15 is 0 Å². The maximum Gasteiger partial charge on any atom is 0.274 e. The standard InChI is InChI=1S/C15H14N2O4/c1-10-6-7-12(21-10)8-9-15(18)16-13-4-3-5-14(11(13)2)17(19)20/h3-9H,1-2H3,(H,16,18)/b9-8+. The van der Waals surface area contributed by atoms with E-state index in [9.17, 15) is 14.9 Å². The van der Waals surface area contributed by atoms with Crippen molar-refractivity contribution < 1.29 is 14.1 Å². The molecule has 0 atom stereocenters. The number of nitrogens with one attached hydrogen (secondary N) is 1. The van der Waals surface area contributed by atoms with Crippen LogP contribution in [0.5, 0.6) is 0 Å². The molecule has 21 heavy (non-hydrogen) atoms. The third kappa shape index (κ3) is 3.56. The largest absolute Gasteiger partial charge is 0.462 e. The number of aryl methyl sites for hydroxylation is 1. The molecule has 1 amide bonds. The molecule has 1 N–H and O–H groups in total. The lowest BCUT2D eigenvalue weighted by Gasteiger charge is -2.06. The molecule has 0 bridgehead atoms. The molecule has 2 rings (SSSR count). The van der Waals surface area contributed by atoms with Crippen molar-refractivity contribution in [3.05, 3.63) is 63.6 Å². The van der Waals surface area contributed by atoms with Gasteiger partial charge in [0.05, 0.1) is 16.2 Å². The highest BCUT2D eigenvalue weighted by atomic mass is 16.6. The second-order valence-corrected chi connectivity index (χ2v) is 4.48. The van der Waals surface area contributed by atoms with Crippen LogP contribution in [0.25, 0.3) is 6.08 Å². The van der Waals surface area contributed by atoms with Gasteiger partial charge in [0.25, 0.3) is 5.69 Å². The third-order valence-electron chi connectivity index (χ3n) is 2.92. The summed E-state index contributed by atoms with van der Waals surface area (Å²) in [5, 5.41) is 13.4. The molecular weight excluding hydrogens is 272 g/mol. The molecule has 1 heterocycles. The number of amides is 1. The second-order valence-electron chi connectivity index (χ2n) is 4.48. The fourth-order valence-corrected chi connectivity index (χ4v) is 1.83. The average molecular weight is 286 g/mol. The van der Waals surface area contributed by atoms with Crippen LogP contribution in [0.1, 0.15) is 17.1 Å². The van der Waals surface area contributed by atoms with Crippen molar-refractivity contribution in [2.75, 3.05) is 5.32 Å². The Balaban J connectivity index is 2.11. The summed E-state index contributed by atoms with van der Waals surface area (Å²) in [5.74, 6) is 0.940. The molecule has 0 saturated heterocycles.